The van der Waals surface area contributed by atoms with Crippen LogP contribution in [0.15, 0.2) is 12.7 Å². The minimum atomic E-state index is -5.90. The number of nitrogen functional groups attached to an aromatic ring is 1. The fourth-order valence-electron chi connectivity index (χ4n) is 5.33. The number of carbonyl (C=O) groups is 5. The molecular weight excluding hydrogens is 764 g/mol. The number of ether oxygens (including phenoxy) is 6. The predicted octanol–water partition coefficient (Wildman–Crippen LogP) is -1.82. The summed E-state index contributed by atoms with van der Waals surface area (Å²) < 4.78 is 72.6. The molecule has 2 saturated heterocycles. The normalized spacial score (nSPS) is 30.0. The summed E-state index contributed by atoms with van der Waals surface area (Å²) in [5, 5.41) is 21.2. The SMILES string of the molecule is CC(=O)OC[C@H](OC(C)=O)C1O[C@@H](OP(=O)(O)OP(=O)(O)OC[C@H]2O[C@@H](n3cnc4c(N)ncnc43)C(O)C2O)C(OC(C)=O)C(C=O)[C@@H]1OC(C)=O. The highest BCUT2D eigenvalue weighted by Crippen LogP contribution is 2.62. The second kappa shape index (κ2) is 17.0. The Hall–Kier alpha value is -4.00. The predicted molar refractivity (Wildman–Crippen MR) is 165 cm³/mol. The summed E-state index contributed by atoms with van der Waals surface area (Å²) in [5.41, 5.74) is 6.01. The molecule has 7 unspecified atom stereocenters. The largest absolute Gasteiger partial charge is 0.483 e. The highest BCUT2D eigenvalue weighted by atomic mass is 31.3. The minimum absolute atomic E-state index is 0.00103. The average molecular weight is 800 g/mol. The lowest BCUT2D eigenvalue weighted by molar-refractivity contribution is -0.283. The van der Waals surface area contributed by atoms with Gasteiger partial charge in [-0.3, -0.25) is 32.8 Å². The number of aldehydes is 1. The number of nitrogens with zero attached hydrogens (tertiary/aromatic N) is 4. The van der Waals surface area contributed by atoms with E-state index >= 15 is 0 Å². The van der Waals surface area contributed by atoms with Crippen molar-refractivity contribution < 1.29 is 94.9 Å². The Morgan fingerprint density at radius 3 is 2.21 bits per heavy atom. The summed E-state index contributed by atoms with van der Waals surface area (Å²) >= 11 is 0. The number of aliphatic hydroxyl groups excluding tert-OH is 2. The molecule has 4 rings (SSSR count). The zero-order valence-electron chi connectivity index (χ0n) is 28.0. The molecule has 0 radical (unpaired) electrons. The number of anilines is 1. The summed E-state index contributed by atoms with van der Waals surface area (Å²) in [7, 11) is -11.6. The molecule has 294 valence electrons. The van der Waals surface area contributed by atoms with Gasteiger partial charge in [0.05, 0.1) is 18.9 Å². The zero-order chi connectivity index (χ0) is 39.4. The molecule has 2 aromatic rings. The first-order chi connectivity index (χ1) is 24.7. The van der Waals surface area contributed by atoms with Gasteiger partial charge in [-0.2, -0.15) is 4.31 Å². The van der Waals surface area contributed by atoms with Crippen molar-refractivity contribution in [2.24, 2.45) is 5.92 Å². The Morgan fingerprint density at radius 1 is 0.943 bits per heavy atom. The Morgan fingerprint density at radius 2 is 1.60 bits per heavy atom. The van der Waals surface area contributed by atoms with E-state index in [0.717, 1.165) is 34.0 Å². The van der Waals surface area contributed by atoms with E-state index in [0.29, 0.717) is 0 Å². The number of phosphoric ester groups is 2. The van der Waals surface area contributed by atoms with E-state index in [-0.39, 0.29) is 23.3 Å². The van der Waals surface area contributed by atoms with Crippen LogP contribution in [0, 0.1) is 5.92 Å². The number of aliphatic hydroxyl groups is 2. The van der Waals surface area contributed by atoms with Crippen LogP contribution >= 0.6 is 15.6 Å². The first-order valence-electron chi connectivity index (χ1n) is 15.1. The monoisotopic (exact) mass is 799 g/mol. The molecule has 2 aliphatic rings. The molecule has 2 fully saturated rings. The molecule has 6 N–H and O–H groups in total. The van der Waals surface area contributed by atoms with Crippen LogP contribution < -0.4 is 5.73 Å². The van der Waals surface area contributed by atoms with Crippen molar-refractivity contribution in [2.45, 2.75) is 82.9 Å². The number of esters is 4. The van der Waals surface area contributed by atoms with Crippen LogP contribution in [0.2, 0.25) is 0 Å². The number of rotatable bonds is 15. The Bertz CT molecular complexity index is 1790. The van der Waals surface area contributed by atoms with Gasteiger partial charge >= 0.3 is 39.5 Å². The molecule has 0 aromatic carbocycles. The topological polar surface area (TPSA) is 353 Å². The second-order valence-electron chi connectivity index (χ2n) is 11.3. The van der Waals surface area contributed by atoms with Gasteiger partial charge in [0.25, 0.3) is 0 Å². The molecule has 2 aromatic heterocycles. The third kappa shape index (κ3) is 10.4. The lowest BCUT2D eigenvalue weighted by atomic mass is 9.87. The summed E-state index contributed by atoms with van der Waals surface area (Å²) in [4.78, 5) is 92.5. The van der Waals surface area contributed by atoms with Gasteiger partial charge in [-0.15, -0.1) is 0 Å². The maximum atomic E-state index is 13.1. The van der Waals surface area contributed by atoms with Gasteiger partial charge in [0.15, 0.2) is 29.9 Å². The van der Waals surface area contributed by atoms with Crippen molar-refractivity contribution in [1.82, 2.24) is 19.5 Å². The van der Waals surface area contributed by atoms with E-state index in [9.17, 15) is 53.1 Å². The van der Waals surface area contributed by atoms with Gasteiger partial charge in [0, 0.05) is 27.7 Å². The molecule has 0 bridgehead atoms. The number of fused-ring (bicyclic) bond motifs is 1. The van der Waals surface area contributed by atoms with Crippen molar-refractivity contribution in [2.75, 3.05) is 18.9 Å². The number of phosphoric acid groups is 2. The van der Waals surface area contributed by atoms with Crippen molar-refractivity contribution >= 4 is 62.8 Å². The molecule has 2 aliphatic heterocycles. The van der Waals surface area contributed by atoms with Gasteiger partial charge in [-0.1, -0.05) is 0 Å². The first kappa shape index (κ1) is 41.8. The Kier molecular flexibility index (Phi) is 13.4. The van der Waals surface area contributed by atoms with Crippen molar-refractivity contribution in [3.05, 3.63) is 12.7 Å². The number of hydrogen-bond acceptors (Lipinski definition) is 22. The van der Waals surface area contributed by atoms with Crippen molar-refractivity contribution in [3.63, 3.8) is 0 Å². The number of imidazole rings is 1. The lowest BCUT2D eigenvalue weighted by Crippen LogP contribution is -2.62. The number of carbonyl (C=O) groups excluding carboxylic acids is 5. The van der Waals surface area contributed by atoms with E-state index in [1.165, 1.54) is 10.9 Å². The maximum absolute atomic E-state index is 13.1. The third-order valence-corrected chi connectivity index (χ3v) is 9.98. The van der Waals surface area contributed by atoms with Crippen LogP contribution in [0.3, 0.4) is 0 Å². The van der Waals surface area contributed by atoms with Crippen LogP contribution in [0.25, 0.3) is 11.2 Å². The van der Waals surface area contributed by atoms with Crippen LogP contribution in [0.5, 0.6) is 0 Å². The summed E-state index contributed by atoms with van der Waals surface area (Å²) in [6.07, 6.45) is -13.7. The molecule has 53 heavy (non-hydrogen) atoms. The van der Waals surface area contributed by atoms with E-state index < -0.39 is 114 Å². The molecule has 0 spiro atoms. The molecule has 27 heteroatoms. The number of aromatic nitrogens is 4. The van der Waals surface area contributed by atoms with E-state index in [2.05, 4.69) is 19.3 Å². The highest BCUT2D eigenvalue weighted by Gasteiger charge is 2.56. The van der Waals surface area contributed by atoms with E-state index in [1.807, 2.05) is 0 Å². The summed E-state index contributed by atoms with van der Waals surface area (Å²) in [5.74, 6) is -5.79. The quantitative estimate of drug-likeness (QED) is 0.0573. The van der Waals surface area contributed by atoms with Gasteiger partial charge in [0.2, 0.25) is 6.29 Å². The van der Waals surface area contributed by atoms with Crippen molar-refractivity contribution in [3.8, 4) is 0 Å². The van der Waals surface area contributed by atoms with Crippen molar-refractivity contribution in [1.29, 1.82) is 0 Å². The lowest BCUT2D eigenvalue weighted by Gasteiger charge is -2.45. The smallest absolute Gasteiger partial charge is 0.462 e. The highest BCUT2D eigenvalue weighted by molar-refractivity contribution is 7.61. The fourth-order valence-corrected chi connectivity index (χ4v) is 7.49. The summed E-state index contributed by atoms with van der Waals surface area (Å²) in [6, 6.07) is 0. The number of hydrogen-bond donors (Lipinski definition) is 5. The Labute approximate surface area is 297 Å². The standard InChI is InChI=1S/C26H35N5O20P2/c1-10(33)43-6-16(45-11(2)34)22-20(46-12(3)35)14(5-32)21(47-13(4)36)26(49-22)50-53(41,42)51-52(39,40)44-7-15-18(37)19(38)25(48-15)31-9-30-17-23(27)28-8-29-24(17)31/h5,8-9,14-16,18-22,25-26,37-38H,6-7H2,1-4H3,(H,39,40)(H,41,42)(H2,27,28,29)/t14?,15-,16+,18?,19?,20+,21?,22?,25-,26+/m1/s1. The van der Waals surface area contributed by atoms with Crippen LogP contribution in [0.1, 0.15) is 33.9 Å². The minimum Gasteiger partial charge on any atom is -0.462 e. The van der Waals surface area contributed by atoms with E-state index in [4.69, 9.17) is 43.2 Å². The molecule has 25 nitrogen and oxygen atoms in total. The second-order valence-corrected chi connectivity index (χ2v) is 14.3. The van der Waals surface area contributed by atoms with Gasteiger partial charge in [-0.25, -0.2) is 24.1 Å². The molecule has 12 atom stereocenters. The van der Waals surface area contributed by atoms with E-state index in [1.54, 1.807) is 0 Å². The molecular formula is C26H35N5O20P2. The Balaban J connectivity index is 1.53. The number of nitrogens with two attached hydrogens (primary N) is 1. The maximum Gasteiger partial charge on any atom is 0.483 e. The zero-order valence-corrected chi connectivity index (χ0v) is 29.8. The summed E-state index contributed by atoms with van der Waals surface area (Å²) in [6.45, 7) is 1.90. The molecule has 4 heterocycles. The molecule has 0 amide bonds. The van der Waals surface area contributed by atoms with Crippen LogP contribution in [-0.2, 0) is 74.9 Å². The third-order valence-electron chi connectivity index (χ3n) is 7.38. The molecule has 0 aliphatic carbocycles. The van der Waals surface area contributed by atoms with Crippen LogP contribution in [-0.4, -0.2) is 132 Å². The van der Waals surface area contributed by atoms with Gasteiger partial charge < -0.3 is 58.9 Å². The average Bonchev–Trinajstić information content (AvgIpc) is 3.59. The molecule has 0 saturated carbocycles. The fraction of sp³-hybridized carbons (Fsp3) is 0.615. The first-order valence-corrected chi connectivity index (χ1v) is 18.1. The van der Waals surface area contributed by atoms with Crippen LogP contribution in [0.4, 0.5) is 5.82 Å². The van der Waals surface area contributed by atoms with Gasteiger partial charge in [0.1, 0.15) is 55.3 Å². The van der Waals surface area contributed by atoms with Gasteiger partial charge in [-0.05, 0) is 0 Å².